The van der Waals surface area contributed by atoms with E-state index in [9.17, 15) is 9.59 Å². The molecule has 4 aliphatic carbocycles. The van der Waals surface area contributed by atoms with Gasteiger partial charge >= 0.3 is 0 Å². The van der Waals surface area contributed by atoms with Gasteiger partial charge in [0.05, 0.1) is 28.6 Å². The van der Waals surface area contributed by atoms with Crippen molar-refractivity contribution in [2.75, 3.05) is 10.6 Å². The number of amides is 1. The van der Waals surface area contributed by atoms with Crippen LogP contribution in [0.5, 0.6) is 0 Å². The minimum atomic E-state index is -0.114. The molecule has 1 aromatic heterocycles. The van der Waals surface area contributed by atoms with Crippen molar-refractivity contribution in [1.82, 2.24) is 9.55 Å². The second-order valence-corrected chi connectivity index (χ2v) is 10.4. The number of benzene rings is 2. The Morgan fingerprint density at radius 2 is 1.58 bits per heavy atom. The second kappa shape index (κ2) is 8.01. The van der Waals surface area contributed by atoms with E-state index in [0.29, 0.717) is 17.4 Å². The maximum Gasteiger partial charge on any atom is 0.261 e. The van der Waals surface area contributed by atoms with E-state index >= 15 is 0 Å². The number of nitrogens with zero attached hydrogens (tertiary/aromatic N) is 2. The largest absolute Gasteiger partial charge is 0.378 e. The molecule has 4 aliphatic rings. The van der Waals surface area contributed by atoms with Crippen LogP contribution < -0.4 is 16.2 Å². The first-order valence-corrected chi connectivity index (χ1v) is 12.2. The molecule has 0 spiro atoms. The van der Waals surface area contributed by atoms with Gasteiger partial charge in [-0.2, -0.15) is 0 Å². The zero-order valence-electron chi connectivity index (χ0n) is 18.8. The quantitative estimate of drug-likeness (QED) is 0.575. The Hall–Kier alpha value is -3.15. The fraction of sp³-hybridized carbons (Fsp3) is 0.444. The monoisotopic (exact) mass is 442 g/mol. The zero-order chi connectivity index (χ0) is 22.4. The molecule has 4 bridgehead atoms. The standard InChI is InChI=1S/C27H30N4O2/c32-25(9-10-31-17-28-22-6-2-1-5-21(22)26(31)33)29-23-7-3-4-8-24(23)30-27-14-18-11-19(15-27)13-20(12-18)16-27/h1-8,17-20,30H,9-16H2,(H,29,32). The number of aryl methyl sites for hydroxylation is 1. The summed E-state index contributed by atoms with van der Waals surface area (Å²) in [5, 5.41) is 7.54. The number of rotatable bonds is 6. The third kappa shape index (κ3) is 3.92. The van der Waals surface area contributed by atoms with Gasteiger partial charge < -0.3 is 10.6 Å². The Balaban J connectivity index is 1.15. The Morgan fingerprint density at radius 3 is 2.30 bits per heavy atom. The van der Waals surface area contributed by atoms with Gasteiger partial charge in [-0.15, -0.1) is 0 Å². The molecule has 7 rings (SSSR count). The van der Waals surface area contributed by atoms with E-state index in [4.69, 9.17) is 0 Å². The van der Waals surface area contributed by atoms with Crippen LogP contribution in [0.15, 0.2) is 59.7 Å². The Kier molecular flexibility index (Phi) is 4.97. The summed E-state index contributed by atoms with van der Waals surface area (Å²) in [5.74, 6) is 2.48. The van der Waals surface area contributed by atoms with Crippen molar-refractivity contribution in [3.05, 3.63) is 65.2 Å². The normalized spacial score (nSPS) is 27.6. The van der Waals surface area contributed by atoms with Crippen molar-refractivity contribution >= 4 is 28.2 Å². The van der Waals surface area contributed by atoms with Gasteiger partial charge in [-0.1, -0.05) is 24.3 Å². The third-order valence-electron chi connectivity index (χ3n) is 7.95. The lowest BCUT2D eigenvalue weighted by molar-refractivity contribution is -0.116. The second-order valence-electron chi connectivity index (χ2n) is 10.4. The lowest BCUT2D eigenvalue weighted by atomic mass is 9.53. The Labute approximate surface area is 193 Å². The first-order valence-electron chi connectivity index (χ1n) is 12.2. The average Bonchev–Trinajstić information content (AvgIpc) is 2.79. The van der Waals surface area contributed by atoms with Gasteiger partial charge in [-0.25, -0.2) is 4.98 Å². The van der Waals surface area contributed by atoms with Gasteiger partial charge in [-0.3, -0.25) is 14.2 Å². The third-order valence-corrected chi connectivity index (χ3v) is 7.95. The molecule has 170 valence electrons. The van der Waals surface area contributed by atoms with E-state index < -0.39 is 0 Å². The molecule has 1 amide bonds. The maximum atomic E-state index is 12.8. The lowest BCUT2D eigenvalue weighted by Gasteiger charge is -2.57. The topological polar surface area (TPSA) is 76.0 Å². The van der Waals surface area contributed by atoms with Gasteiger partial charge in [0.25, 0.3) is 5.56 Å². The minimum Gasteiger partial charge on any atom is -0.378 e. The van der Waals surface area contributed by atoms with Crippen LogP contribution in [0, 0.1) is 17.8 Å². The van der Waals surface area contributed by atoms with Crippen LogP contribution in [0.25, 0.3) is 10.9 Å². The van der Waals surface area contributed by atoms with Gasteiger partial charge in [0, 0.05) is 18.5 Å². The summed E-state index contributed by atoms with van der Waals surface area (Å²) in [6.07, 6.45) is 9.70. The number of para-hydroxylation sites is 3. The van der Waals surface area contributed by atoms with E-state index in [1.54, 1.807) is 6.07 Å². The summed E-state index contributed by atoms with van der Waals surface area (Å²) in [7, 11) is 0. The van der Waals surface area contributed by atoms with Crippen LogP contribution >= 0.6 is 0 Å². The molecule has 0 saturated heterocycles. The van der Waals surface area contributed by atoms with Gasteiger partial charge in [0.2, 0.25) is 5.91 Å². The van der Waals surface area contributed by atoms with Crippen molar-refractivity contribution in [2.45, 2.75) is 57.0 Å². The number of hydrogen-bond donors (Lipinski definition) is 2. The van der Waals surface area contributed by atoms with Crippen molar-refractivity contribution in [2.24, 2.45) is 17.8 Å². The highest BCUT2D eigenvalue weighted by Gasteiger charge is 2.51. The number of anilines is 2. The van der Waals surface area contributed by atoms with E-state index in [-0.39, 0.29) is 23.4 Å². The minimum absolute atomic E-state index is 0.102. The predicted octanol–water partition coefficient (Wildman–Crippen LogP) is 4.81. The number of hydrogen-bond acceptors (Lipinski definition) is 4. The number of aromatic nitrogens is 2. The maximum absolute atomic E-state index is 12.8. The molecule has 4 saturated carbocycles. The molecule has 6 heteroatoms. The highest BCUT2D eigenvalue weighted by Crippen LogP contribution is 2.56. The van der Waals surface area contributed by atoms with Gasteiger partial charge in [0.1, 0.15) is 0 Å². The smallest absolute Gasteiger partial charge is 0.261 e. The number of carbonyl (C=O) groups excluding carboxylic acids is 1. The fourth-order valence-corrected chi connectivity index (χ4v) is 6.95. The molecule has 0 aliphatic heterocycles. The molecular formula is C27H30N4O2. The summed E-state index contributed by atoms with van der Waals surface area (Å²) in [4.78, 5) is 29.8. The molecule has 0 radical (unpaired) electrons. The lowest BCUT2D eigenvalue weighted by Crippen LogP contribution is -2.54. The first-order chi connectivity index (χ1) is 16.1. The highest BCUT2D eigenvalue weighted by atomic mass is 16.2. The van der Waals surface area contributed by atoms with Crippen molar-refractivity contribution in [1.29, 1.82) is 0 Å². The van der Waals surface area contributed by atoms with Crippen LogP contribution in [-0.2, 0) is 11.3 Å². The highest BCUT2D eigenvalue weighted by molar-refractivity contribution is 5.94. The van der Waals surface area contributed by atoms with Crippen LogP contribution in [0.1, 0.15) is 44.9 Å². The van der Waals surface area contributed by atoms with Gasteiger partial charge in [0.15, 0.2) is 0 Å². The van der Waals surface area contributed by atoms with Crippen molar-refractivity contribution < 1.29 is 4.79 Å². The summed E-state index contributed by atoms with van der Waals surface area (Å²) < 4.78 is 1.52. The molecule has 2 N–H and O–H groups in total. The van der Waals surface area contributed by atoms with E-state index in [2.05, 4.69) is 21.7 Å². The molecule has 2 aromatic carbocycles. The molecule has 4 fully saturated rings. The van der Waals surface area contributed by atoms with Crippen molar-refractivity contribution in [3.63, 3.8) is 0 Å². The van der Waals surface area contributed by atoms with Crippen LogP contribution in [-0.4, -0.2) is 21.0 Å². The van der Waals surface area contributed by atoms with E-state index in [1.165, 1.54) is 49.4 Å². The summed E-state index contributed by atoms with van der Waals surface area (Å²) in [6, 6.07) is 15.3. The van der Waals surface area contributed by atoms with Crippen LogP contribution in [0.4, 0.5) is 11.4 Å². The van der Waals surface area contributed by atoms with Crippen LogP contribution in [0.3, 0.4) is 0 Å². The molecule has 33 heavy (non-hydrogen) atoms. The van der Waals surface area contributed by atoms with E-state index in [1.807, 2.05) is 36.4 Å². The van der Waals surface area contributed by atoms with Crippen molar-refractivity contribution in [3.8, 4) is 0 Å². The molecule has 1 heterocycles. The first kappa shape index (κ1) is 20.5. The zero-order valence-corrected chi connectivity index (χ0v) is 18.8. The molecule has 6 nitrogen and oxygen atoms in total. The Morgan fingerprint density at radius 1 is 0.939 bits per heavy atom. The number of nitrogens with one attached hydrogen (secondary N) is 2. The van der Waals surface area contributed by atoms with Crippen LogP contribution in [0.2, 0.25) is 0 Å². The van der Waals surface area contributed by atoms with Gasteiger partial charge in [-0.05, 0) is 80.5 Å². The average molecular weight is 443 g/mol. The summed E-state index contributed by atoms with van der Waals surface area (Å²) >= 11 is 0. The summed E-state index contributed by atoms with van der Waals surface area (Å²) in [6.45, 7) is 0.299. The molecule has 0 atom stereocenters. The molecular weight excluding hydrogens is 412 g/mol. The Bertz CT molecular complexity index is 1230. The SMILES string of the molecule is O=C(CCn1cnc2ccccc2c1=O)Nc1ccccc1NC12CC3CC(CC(C3)C1)C2. The number of fused-ring (bicyclic) bond motifs is 1. The molecule has 0 unspecified atom stereocenters. The fourth-order valence-electron chi connectivity index (χ4n) is 6.95. The number of carbonyl (C=O) groups is 1. The van der Waals surface area contributed by atoms with E-state index in [0.717, 1.165) is 29.1 Å². The molecule has 3 aromatic rings. The predicted molar refractivity (Wildman–Crippen MR) is 130 cm³/mol. The summed E-state index contributed by atoms with van der Waals surface area (Å²) in [5.41, 5.74) is 2.57.